The first-order chi connectivity index (χ1) is 20.2. The maximum absolute atomic E-state index is 14.3. The zero-order valence-electron chi connectivity index (χ0n) is 25.0. The van der Waals surface area contributed by atoms with Crippen LogP contribution in [0.4, 0.5) is 5.69 Å². The van der Waals surface area contributed by atoms with Crippen molar-refractivity contribution < 1.29 is 18.0 Å². The molecule has 0 heterocycles. The smallest absolute Gasteiger partial charge is 0.264 e. The Labute approximate surface area is 251 Å². The molecule has 1 fully saturated rings. The molecule has 42 heavy (non-hydrogen) atoms. The van der Waals surface area contributed by atoms with Gasteiger partial charge in [-0.3, -0.25) is 13.9 Å². The Balaban J connectivity index is 1.69. The van der Waals surface area contributed by atoms with Gasteiger partial charge in [0, 0.05) is 12.6 Å². The summed E-state index contributed by atoms with van der Waals surface area (Å²) in [4.78, 5) is 29.6. The molecule has 0 saturated heterocycles. The third-order valence-electron chi connectivity index (χ3n) is 8.28. The van der Waals surface area contributed by atoms with E-state index < -0.39 is 28.5 Å². The minimum Gasteiger partial charge on any atom is -0.352 e. The van der Waals surface area contributed by atoms with Crippen LogP contribution in [0, 0.1) is 13.8 Å². The van der Waals surface area contributed by atoms with Crippen molar-refractivity contribution in [3.63, 3.8) is 0 Å². The van der Waals surface area contributed by atoms with E-state index in [0.717, 1.165) is 42.4 Å². The zero-order valence-corrected chi connectivity index (χ0v) is 25.8. The SMILES string of the molecule is CCC(C(=O)NC1CCCCC1)N(CCc1ccccc1)C(=O)CN(c1cccc(C)c1C)S(=O)(=O)c1ccccc1. The Morgan fingerprint density at radius 1 is 0.881 bits per heavy atom. The van der Waals surface area contributed by atoms with Crippen LogP contribution in [0.1, 0.15) is 62.1 Å². The van der Waals surface area contributed by atoms with Crippen LogP contribution in [0.15, 0.2) is 83.8 Å². The number of anilines is 1. The molecule has 0 spiro atoms. The summed E-state index contributed by atoms with van der Waals surface area (Å²) in [6.45, 7) is 5.57. The molecule has 7 nitrogen and oxygen atoms in total. The molecule has 8 heteroatoms. The van der Waals surface area contributed by atoms with Crippen molar-refractivity contribution in [1.82, 2.24) is 10.2 Å². The van der Waals surface area contributed by atoms with Crippen LogP contribution in [0.25, 0.3) is 0 Å². The zero-order chi connectivity index (χ0) is 30.1. The van der Waals surface area contributed by atoms with Crippen molar-refractivity contribution in [3.05, 3.63) is 95.6 Å². The van der Waals surface area contributed by atoms with Crippen LogP contribution >= 0.6 is 0 Å². The van der Waals surface area contributed by atoms with Gasteiger partial charge in [-0.05, 0) is 74.4 Å². The van der Waals surface area contributed by atoms with Crippen molar-refractivity contribution >= 4 is 27.5 Å². The second-order valence-electron chi connectivity index (χ2n) is 11.1. The van der Waals surface area contributed by atoms with Gasteiger partial charge < -0.3 is 10.2 Å². The van der Waals surface area contributed by atoms with Gasteiger partial charge in [-0.15, -0.1) is 0 Å². The topological polar surface area (TPSA) is 86.8 Å². The minimum absolute atomic E-state index is 0.108. The molecular weight excluding hydrogens is 546 g/mol. The number of nitrogens with zero attached hydrogens (tertiary/aromatic N) is 2. The van der Waals surface area contributed by atoms with Crippen LogP contribution in [-0.4, -0.2) is 50.3 Å². The molecule has 224 valence electrons. The van der Waals surface area contributed by atoms with E-state index >= 15 is 0 Å². The van der Waals surface area contributed by atoms with Gasteiger partial charge in [0.25, 0.3) is 10.0 Å². The van der Waals surface area contributed by atoms with Crippen molar-refractivity contribution in [2.45, 2.75) is 82.7 Å². The van der Waals surface area contributed by atoms with Gasteiger partial charge in [0.1, 0.15) is 12.6 Å². The standard InChI is InChI=1S/C34H43N3O4S/c1-4-31(34(39)35-29-18-10-6-11-19-29)36(24-23-28-16-8-5-9-17-28)33(38)25-37(32-22-14-15-26(2)27(32)3)42(40,41)30-20-12-7-13-21-30/h5,7-9,12-17,20-22,29,31H,4,6,10-11,18-19,23-25H2,1-3H3,(H,35,39). The number of carbonyl (C=O) groups is 2. The second-order valence-corrected chi connectivity index (χ2v) is 13.0. The summed E-state index contributed by atoms with van der Waals surface area (Å²) in [5.41, 5.74) is 3.20. The third-order valence-corrected chi connectivity index (χ3v) is 10.1. The summed E-state index contributed by atoms with van der Waals surface area (Å²) in [6, 6.07) is 22.9. The Morgan fingerprint density at radius 2 is 1.52 bits per heavy atom. The van der Waals surface area contributed by atoms with E-state index in [0.29, 0.717) is 25.1 Å². The largest absolute Gasteiger partial charge is 0.352 e. The van der Waals surface area contributed by atoms with Gasteiger partial charge in [-0.2, -0.15) is 0 Å². The molecule has 2 amide bonds. The number of benzene rings is 3. The fraction of sp³-hybridized carbons (Fsp3) is 0.412. The normalized spacial score (nSPS) is 14.6. The van der Waals surface area contributed by atoms with Crippen LogP contribution < -0.4 is 9.62 Å². The third kappa shape index (κ3) is 7.59. The first-order valence-electron chi connectivity index (χ1n) is 15.0. The number of nitrogens with one attached hydrogen (secondary N) is 1. The lowest BCUT2D eigenvalue weighted by Gasteiger charge is -2.35. The number of sulfonamides is 1. The number of hydrogen-bond donors (Lipinski definition) is 1. The summed E-state index contributed by atoms with van der Waals surface area (Å²) in [7, 11) is -4.08. The summed E-state index contributed by atoms with van der Waals surface area (Å²) in [5.74, 6) is -0.577. The summed E-state index contributed by atoms with van der Waals surface area (Å²) >= 11 is 0. The van der Waals surface area contributed by atoms with Gasteiger partial charge in [-0.25, -0.2) is 8.42 Å². The lowest BCUT2D eigenvalue weighted by molar-refractivity contribution is -0.140. The van der Waals surface area contributed by atoms with Crippen molar-refractivity contribution in [3.8, 4) is 0 Å². The Kier molecular flexibility index (Phi) is 10.8. The summed E-state index contributed by atoms with van der Waals surface area (Å²) in [5, 5.41) is 3.20. The fourth-order valence-electron chi connectivity index (χ4n) is 5.68. The molecule has 1 aliphatic rings. The molecule has 0 aromatic heterocycles. The van der Waals surface area contributed by atoms with E-state index in [9.17, 15) is 18.0 Å². The lowest BCUT2D eigenvalue weighted by atomic mass is 9.95. The molecular formula is C34H43N3O4S. The first kappa shape index (κ1) is 31.3. The van der Waals surface area contributed by atoms with Gasteiger partial charge in [0.15, 0.2) is 0 Å². The van der Waals surface area contributed by atoms with E-state index in [-0.39, 0.29) is 16.8 Å². The highest BCUT2D eigenvalue weighted by molar-refractivity contribution is 7.92. The number of hydrogen-bond acceptors (Lipinski definition) is 4. The van der Waals surface area contributed by atoms with Crippen molar-refractivity contribution in [2.75, 3.05) is 17.4 Å². The summed E-state index contributed by atoms with van der Waals surface area (Å²) in [6.07, 6.45) is 6.20. The van der Waals surface area contributed by atoms with E-state index in [1.165, 1.54) is 22.9 Å². The molecule has 4 rings (SSSR count). The molecule has 0 bridgehead atoms. The van der Waals surface area contributed by atoms with Gasteiger partial charge >= 0.3 is 0 Å². The first-order valence-corrected chi connectivity index (χ1v) is 16.4. The molecule has 1 atom stereocenters. The predicted octanol–water partition coefficient (Wildman–Crippen LogP) is 5.80. The molecule has 3 aromatic rings. The quantitative estimate of drug-likeness (QED) is 0.289. The van der Waals surface area contributed by atoms with Crippen LogP contribution in [0.5, 0.6) is 0 Å². The molecule has 1 unspecified atom stereocenters. The number of carbonyl (C=O) groups excluding carboxylic acids is 2. The molecule has 0 radical (unpaired) electrons. The summed E-state index contributed by atoms with van der Waals surface area (Å²) < 4.78 is 29.3. The number of rotatable bonds is 12. The fourth-order valence-corrected chi connectivity index (χ4v) is 7.17. The molecule has 3 aromatic carbocycles. The predicted molar refractivity (Wildman–Crippen MR) is 168 cm³/mol. The number of aryl methyl sites for hydroxylation is 1. The molecule has 0 aliphatic heterocycles. The van der Waals surface area contributed by atoms with Gasteiger partial charge in [-0.1, -0.05) is 86.8 Å². The number of amides is 2. The lowest BCUT2D eigenvalue weighted by Crippen LogP contribution is -2.54. The Hall–Kier alpha value is -3.65. The molecule has 1 N–H and O–H groups in total. The minimum atomic E-state index is -4.08. The Bertz CT molecular complexity index is 1440. The average Bonchev–Trinajstić information content (AvgIpc) is 3.00. The molecule has 1 aliphatic carbocycles. The van der Waals surface area contributed by atoms with Crippen molar-refractivity contribution in [2.24, 2.45) is 0 Å². The van der Waals surface area contributed by atoms with E-state index in [2.05, 4.69) is 5.32 Å². The molecule has 1 saturated carbocycles. The van der Waals surface area contributed by atoms with Crippen molar-refractivity contribution in [1.29, 1.82) is 0 Å². The Morgan fingerprint density at radius 3 is 2.17 bits per heavy atom. The second kappa shape index (κ2) is 14.5. The van der Waals surface area contributed by atoms with E-state index in [1.54, 1.807) is 35.2 Å². The highest BCUT2D eigenvalue weighted by atomic mass is 32.2. The maximum Gasteiger partial charge on any atom is 0.264 e. The van der Waals surface area contributed by atoms with Crippen LogP contribution in [0.3, 0.4) is 0 Å². The highest BCUT2D eigenvalue weighted by Gasteiger charge is 2.34. The van der Waals surface area contributed by atoms with Crippen LogP contribution in [0.2, 0.25) is 0 Å². The van der Waals surface area contributed by atoms with Gasteiger partial charge in [0.05, 0.1) is 10.6 Å². The average molecular weight is 590 g/mol. The monoisotopic (exact) mass is 589 g/mol. The van der Waals surface area contributed by atoms with Gasteiger partial charge in [0.2, 0.25) is 11.8 Å². The van der Waals surface area contributed by atoms with E-state index in [4.69, 9.17) is 0 Å². The highest BCUT2D eigenvalue weighted by Crippen LogP contribution is 2.29. The maximum atomic E-state index is 14.3. The van der Waals surface area contributed by atoms with Crippen LogP contribution in [-0.2, 0) is 26.0 Å². The van der Waals surface area contributed by atoms with E-state index in [1.807, 2.05) is 57.2 Å².